The van der Waals surface area contributed by atoms with E-state index in [4.69, 9.17) is 14.2 Å². The van der Waals surface area contributed by atoms with Crippen LogP contribution >= 0.6 is 0 Å². The number of morpholine rings is 1. The summed E-state index contributed by atoms with van der Waals surface area (Å²) in [4.78, 5) is 2.50. The lowest BCUT2D eigenvalue weighted by Gasteiger charge is -2.47. The Morgan fingerprint density at radius 3 is 2.60 bits per heavy atom. The molecule has 1 N–H and O–H groups in total. The lowest BCUT2D eigenvalue weighted by Crippen LogP contribution is -2.63. The zero-order valence-electron chi connectivity index (χ0n) is 13.4. The number of hydrogen-bond acceptors (Lipinski definition) is 5. The highest BCUT2D eigenvalue weighted by molar-refractivity contribution is 4.99. The standard InChI is InChI=1S/C15H30N2O3/c1-5-20-13-10-12(14(13)18-4)16-11-15(2,3)17-6-8-19-9-7-17/h12-14,16H,5-11H2,1-4H3. The molecule has 1 saturated carbocycles. The molecule has 118 valence electrons. The molecule has 20 heavy (non-hydrogen) atoms. The summed E-state index contributed by atoms with van der Waals surface area (Å²) in [6.07, 6.45) is 1.50. The molecule has 0 aromatic rings. The van der Waals surface area contributed by atoms with Crippen molar-refractivity contribution in [3.63, 3.8) is 0 Å². The fourth-order valence-corrected chi connectivity index (χ4v) is 3.14. The van der Waals surface area contributed by atoms with Crippen LogP contribution in [0.1, 0.15) is 27.2 Å². The van der Waals surface area contributed by atoms with E-state index < -0.39 is 0 Å². The molecule has 3 unspecified atom stereocenters. The average Bonchev–Trinajstić information content (AvgIpc) is 2.43. The van der Waals surface area contributed by atoms with Crippen molar-refractivity contribution >= 4 is 0 Å². The summed E-state index contributed by atoms with van der Waals surface area (Å²) in [6.45, 7) is 12.1. The molecule has 2 rings (SSSR count). The predicted molar refractivity (Wildman–Crippen MR) is 79.1 cm³/mol. The third kappa shape index (κ3) is 3.71. The molecule has 0 amide bonds. The normalized spacial score (nSPS) is 32.1. The van der Waals surface area contributed by atoms with Crippen molar-refractivity contribution in [3.8, 4) is 0 Å². The first kappa shape index (κ1) is 16.2. The maximum absolute atomic E-state index is 5.67. The van der Waals surface area contributed by atoms with Crippen molar-refractivity contribution in [2.45, 2.75) is 51.0 Å². The molecule has 1 heterocycles. The third-order valence-electron chi connectivity index (χ3n) is 4.57. The summed E-state index contributed by atoms with van der Waals surface area (Å²) in [5.74, 6) is 0. The van der Waals surface area contributed by atoms with Crippen LogP contribution in [0, 0.1) is 0 Å². The van der Waals surface area contributed by atoms with Crippen molar-refractivity contribution in [2.24, 2.45) is 0 Å². The van der Waals surface area contributed by atoms with Gasteiger partial charge in [0.15, 0.2) is 0 Å². The molecule has 0 radical (unpaired) electrons. The van der Waals surface area contributed by atoms with Gasteiger partial charge in [0.25, 0.3) is 0 Å². The maximum atomic E-state index is 5.67. The molecular formula is C15H30N2O3. The summed E-state index contributed by atoms with van der Waals surface area (Å²) in [6, 6.07) is 0.414. The Balaban J connectivity index is 1.76. The Labute approximate surface area is 122 Å². The summed E-state index contributed by atoms with van der Waals surface area (Å²) in [7, 11) is 1.78. The van der Waals surface area contributed by atoms with E-state index in [2.05, 4.69) is 24.1 Å². The van der Waals surface area contributed by atoms with Gasteiger partial charge < -0.3 is 19.5 Å². The van der Waals surface area contributed by atoms with Crippen molar-refractivity contribution in [2.75, 3.05) is 46.6 Å². The quantitative estimate of drug-likeness (QED) is 0.752. The minimum Gasteiger partial charge on any atom is -0.379 e. The van der Waals surface area contributed by atoms with Crippen LogP contribution in [0.3, 0.4) is 0 Å². The zero-order chi connectivity index (χ0) is 14.6. The van der Waals surface area contributed by atoms with E-state index in [1.165, 1.54) is 0 Å². The van der Waals surface area contributed by atoms with E-state index in [0.717, 1.165) is 45.9 Å². The highest BCUT2D eigenvalue weighted by Crippen LogP contribution is 2.27. The van der Waals surface area contributed by atoms with E-state index in [0.29, 0.717) is 6.04 Å². The number of hydrogen-bond donors (Lipinski definition) is 1. The van der Waals surface area contributed by atoms with Gasteiger partial charge in [-0.15, -0.1) is 0 Å². The fourth-order valence-electron chi connectivity index (χ4n) is 3.14. The SMILES string of the molecule is CCOC1CC(NCC(C)(C)N2CCOCC2)C1OC. The Hall–Kier alpha value is -0.200. The molecule has 2 fully saturated rings. The average molecular weight is 286 g/mol. The summed E-state index contributed by atoms with van der Waals surface area (Å²) in [5, 5.41) is 3.66. The number of rotatable bonds is 7. The summed E-state index contributed by atoms with van der Waals surface area (Å²) in [5.41, 5.74) is 0.152. The van der Waals surface area contributed by atoms with E-state index >= 15 is 0 Å². The second kappa shape index (κ2) is 7.18. The van der Waals surface area contributed by atoms with Gasteiger partial charge in [-0.3, -0.25) is 4.90 Å². The smallest absolute Gasteiger partial charge is 0.0986 e. The van der Waals surface area contributed by atoms with E-state index in [1.807, 2.05) is 6.92 Å². The van der Waals surface area contributed by atoms with Crippen LogP contribution in [-0.2, 0) is 14.2 Å². The maximum Gasteiger partial charge on any atom is 0.0986 e. The third-order valence-corrected chi connectivity index (χ3v) is 4.57. The van der Waals surface area contributed by atoms with Gasteiger partial charge in [-0.25, -0.2) is 0 Å². The van der Waals surface area contributed by atoms with Gasteiger partial charge >= 0.3 is 0 Å². The van der Waals surface area contributed by atoms with E-state index in [1.54, 1.807) is 7.11 Å². The molecule has 0 spiro atoms. The van der Waals surface area contributed by atoms with E-state index in [9.17, 15) is 0 Å². The number of ether oxygens (including phenoxy) is 3. The first-order chi connectivity index (χ1) is 9.58. The molecule has 0 aromatic carbocycles. The van der Waals surface area contributed by atoms with Crippen molar-refractivity contribution in [3.05, 3.63) is 0 Å². The van der Waals surface area contributed by atoms with Crippen LogP contribution in [0.15, 0.2) is 0 Å². The topological polar surface area (TPSA) is 43.0 Å². The van der Waals surface area contributed by atoms with Crippen molar-refractivity contribution in [1.82, 2.24) is 10.2 Å². The zero-order valence-corrected chi connectivity index (χ0v) is 13.4. The van der Waals surface area contributed by atoms with Crippen LogP contribution in [0.2, 0.25) is 0 Å². The van der Waals surface area contributed by atoms with Crippen LogP contribution in [0.25, 0.3) is 0 Å². The lowest BCUT2D eigenvalue weighted by atomic mass is 9.84. The van der Waals surface area contributed by atoms with Crippen molar-refractivity contribution < 1.29 is 14.2 Å². The number of nitrogens with one attached hydrogen (secondary N) is 1. The van der Waals surface area contributed by atoms with Gasteiger partial charge in [0.1, 0.15) is 0 Å². The largest absolute Gasteiger partial charge is 0.379 e. The molecule has 0 aromatic heterocycles. The van der Waals surface area contributed by atoms with Crippen LogP contribution in [-0.4, -0.2) is 75.3 Å². The van der Waals surface area contributed by atoms with Gasteiger partial charge in [0.2, 0.25) is 0 Å². The van der Waals surface area contributed by atoms with Gasteiger partial charge in [0.05, 0.1) is 25.4 Å². The van der Waals surface area contributed by atoms with Gasteiger partial charge in [-0.2, -0.15) is 0 Å². The second-order valence-electron chi connectivity index (χ2n) is 6.33. The molecular weight excluding hydrogens is 256 g/mol. The van der Waals surface area contributed by atoms with Crippen molar-refractivity contribution in [1.29, 1.82) is 0 Å². The van der Waals surface area contributed by atoms with Crippen LogP contribution in [0.5, 0.6) is 0 Å². The molecule has 0 bridgehead atoms. The number of nitrogens with zero attached hydrogens (tertiary/aromatic N) is 1. The molecule has 5 heteroatoms. The molecule has 2 aliphatic rings. The molecule has 1 aliphatic heterocycles. The van der Waals surface area contributed by atoms with Gasteiger partial charge in [0, 0.05) is 44.9 Å². The first-order valence-corrected chi connectivity index (χ1v) is 7.79. The fraction of sp³-hybridized carbons (Fsp3) is 1.00. The summed E-state index contributed by atoms with van der Waals surface area (Å²) >= 11 is 0. The summed E-state index contributed by atoms with van der Waals surface area (Å²) < 4.78 is 16.7. The van der Waals surface area contributed by atoms with Crippen LogP contribution in [0.4, 0.5) is 0 Å². The molecule has 5 nitrogen and oxygen atoms in total. The molecule has 3 atom stereocenters. The Morgan fingerprint density at radius 1 is 1.30 bits per heavy atom. The Morgan fingerprint density at radius 2 is 2.00 bits per heavy atom. The predicted octanol–water partition coefficient (Wildman–Crippen LogP) is 0.879. The van der Waals surface area contributed by atoms with Gasteiger partial charge in [-0.1, -0.05) is 0 Å². The number of methoxy groups -OCH3 is 1. The highest BCUT2D eigenvalue weighted by Gasteiger charge is 2.42. The lowest BCUT2D eigenvalue weighted by molar-refractivity contribution is -0.133. The second-order valence-corrected chi connectivity index (χ2v) is 6.33. The molecule has 1 aliphatic carbocycles. The minimum absolute atomic E-state index is 0.152. The highest BCUT2D eigenvalue weighted by atomic mass is 16.5. The monoisotopic (exact) mass is 286 g/mol. The minimum atomic E-state index is 0.152. The van der Waals surface area contributed by atoms with E-state index in [-0.39, 0.29) is 17.7 Å². The Kier molecular flexibility index (Phi) is 5.81. The van der Waals surface area contributed by atoms with Gasteiger partial charge in [-0.05, 0) is 27.2 Å². The van der Waals surface area contributed by atoms with Crippen LogP contribution < -0.4 is 5.32 Å². The Bertz CT molecular complexity index is 293. The first-order valence-electron chi connectivity index (χ1n) is 7.79. The molecule has 1 saturated heterocycles.